The molecule has 1 aromatic carbocycles. The number of aryl methyl sites for hydroxylation is 1. The number of fused-ring (bicyclic) bond motifs is 1. The number of rotatable bonds is 3. The molecule has 1 unspecified atom stereocenters. The van der Waals surface area contributed by atoms with E-state index in [4.69, 9.17) is 0 Å². The summed E-state index contributed by atoms with van der Waals surface area (Å²) in [5.74, 6) is 1.77. The zero-order chi connectivity index (χ0) is 13.9. The fourth-order valence-electron chi connectivity index (χ4n) is 2.64. The van der Waals surface area contributed by atoms with Gasteiger partial charge in [0.1, 0.15) is 11.6 Å². The highest BCUT2D eigenvalue weighted by Crippen LogP contribution is 2.22. The molecule has 1 amide bonds. The molecule has 104 valence electrons. The van der Waals surface area contributed by atoms with Gasteiger partial charge in [-0.3, -0.25) is 4.79 Å². The van der Waals surface area contributed by atoms with Crippen molar-refractivity contribution in [2.45, 2.75) is 38.6 Å². The molecule has 1 aliphatic rings. The minimum absolute atomic E-state index is 0.0180. The first-order valence-electron chi connectivity index (χ1n) is 7.16. The maximum absolute atomic E-state index is 12.3. The van der Waals surface area contributed by atoms with Crippen LogP contribution >= 0.6 is 0 Å². The highest BCUT2D eigenvalue weighted by atomic mass is 16.1. The lowest BCUT2D eigenvalue weighted by atomic mass is 10.0. The molecule has 1 N–H and O–H groups in total. The summed E-state index contributed by atoms with van der Waals surface area (Å²) >= 11 is 0. The summed E-state index contributed by atoms with van der Waals surface area (Å²) in [6, 6.07) is 9.84. The molecule has 2 heterocycles. The van der Waals surface area contributed by atoms with E-state index in [1.165, 1.54) is 6.42 Å². The first kappa shape index (κ1) is 12.9. The highest BCUT2D eigenvalue weighted by Gasteiger charge is 2.19. The summed E-state index contributed by atoms with van der Waals surface area (Å²) < 4.78 is 2.12. The molecular weight excluding hydrogens is 250 g/mol. The number of aromatic nitrogens is 2. The maximum atomic E-state index is 12.3. The molecule has 0 saturated carbocycles. The smallest absolute Gasteiger partial charge is 0.232 e. The second-order valence-electron chi connectivity index (χ2n) is 5.29. The van der Waals surface area contributed by atoms with Crippen molar-refractivity contribution < 1.29 is 4.79 Å². The van der Waals surface area contributed by atoms with E-state index in [-0.39, 0.29) is 11.8 Å². The number of nitrogens with zero attached hydrogens (tertiary/aromatic N) is 2. The molecule has 0 radical (unpaired) electrons. The Morgan fingerprint density at radius 3 is 2.90 bits per heavy atom. The quantitative estimate of drug-likeness (QED) is 0.931. The fourth-order valence-corrected chi connectivity index (χ4v) is 2.64. The monoisotopic (exact) mass is 269 g/mol. The molecule has 0 saturated heterocycles. The molecule has 0 fully saturated rings. The second-order valence-corrected chi connectivity index (χ2v) is 5.29. The summed E-state index contributed by atoms with van der Waals surface area (Å²) in [6.45, 7) is 2.88. The van der Waals surface area contributed by atoms with E-state index in [2.05, 4.69) is 14.9 Å². The second kappa shape index (κ2) is 5.49. The lowest BCUT2D eigenvalue weighted by molar-refractivity contribution is -0.117. The van der Waals surface area contributed by atoms with Gasteiger partial charge in [-0.15, -0.1) is 0 Å². The summed E-state index contributed by atoms with van der Waals surface area (Å²) in [4.78, 5) is 16.7. The van der Waals surface area contributed by atoms with E-state index in [0.717, 1.165) is 36.6 Å². The van der Waals surface area contributed by atoms with Crippen LogP contribution in [0.5, 0.6) is 0 Å². The van der Waals surface area contributed by atoms with Gasteiger partial charge in [0.25, 0.3) is 0 Å². The summed E-state index contributed by atoms with van der Waals surface area (Å²) in [5, 5.41) is 3.01. The van der Waals surface area contributed by atoms with Gasteiger partial charge in [-0.25, -0.2) is 4.98 Å². The van der Waals surface area contributed by atoms with Crippen LogP contribution in [0, 0.1) is 0 Å². The SMILES string of the molecule is CC(C(=O)Nc1cnc2n1CCCC2)c1ccccc1. The normalized spacial score (nSPS) is 15.4. The van der Waals surface area contributed by atoms with Crippen molar-refractivity contribution in [2.75, 3.05) is 5.32 Å². The van der Waals surface area contributed by atoms with Gasteiger partial charge in [0.2, 0.25) is 5.91 Å². The molecule has 4 nitrogen and oxygen atoms in total. The largest absolute Gasteiger partial charge is 0.315 e. The Morgan fingerprint density at radius 1 is 1.30 bits per heavy atom. The number of carbonyl (C=O) groups excluding carboxylic acids is 1. The first-order chi connectivity index (χ1) is 9.75. The van der Waals surface area contributed by atoms with Gasteiger partial charge >= 0.3 is 0 Å². The summed E-state index contributed by atoms with van der Waals surface area (Å²) in [5.41, 5.74) is 1.03. The molecule has 0 spiro atoms. The van der Waals surface area contributed by atoms with Gasteiger partial charge in [-0.2, -0.15) is 0 Å². The molecule has 4 heteroatoms. The topological polar surface area (TPSA) is 46.9 Å². The average molecular weight is 269 g/mol. The van der Waals surface area contributed by atoms with Crippen LogP contribution in [0.2, 0.25) is 0 Å². The predicted octanol–water partition coefficient (Wildman–Crippen LogP) is 2.96. The molecule has 3 rings (SSSR count). The van der Waals surface area contributed by atoms with Gasteiger partial charge in [0, 0.05) is 13.0 Å². The van der Waals surface area contributed by atoms with Crippen LogP contribution in [0.25, 0.3) is 0 Å². The standard InChI is InChI=1S/C16H19N3O/c1-12(13-7-3-2-4-8-13)16(20)18-15-11-17-14-9-5-6-10-19(14)15/h2-4,7-8,11-12H,5-6,9-10H2,1H3,(H,18,20). The zero-order valence-corrected chi connectivity index (χ0v) is 11.7. The van der Waals surface area contributed by atoms with Crippen LogP contribution in [0.4, 0.5) is 5.82 Å². The molecule has 1 aliphatic heterocycles. The van der Waals surface area contributed by atoms with Crippen molar-refractivity contribution in [2.24, 2.45) is 0 Å². The van der Waals surface area contributed by atoms with E-state index in [1.54, 1.807) is 6.20 Å². The number of nitrogens with one attached hydrogen (secondary N) is 1. The number of hydrogen-bond acceptors (Lipinski definition) is 2. The van der Waals surface area contributed by atoms with Crippen LogP contribution in [0.3, 0.4) is 0 Å². The van der Waals surface area contributed by atoms with E-state index >= 15 is 0 Å². The Morgan fingerprint density at radius 2 is 2.10 bits per heavy atom. The molecule has 0 aliphatic carbocycles. The Hall–Kier alpha value is -2.10. The zero-order valence-electron chi connectivity index (χ0n) is 11.7. The van der Waals surface area contributed by atoms with Crippen LogP contribution in [-0.2, 0) is 17.8 Å². The third-order valence-electron chi connectivity index (χ3n) is 3.91. The van der Waals surface area contributed by atoms with Crippen LogP contribution in [0.15, 0.2) is 36.5 Å². The molecular formula is C16H19N3O. The lowest BCUT2D eigenvalue weighted by Gasteiger charge is -2.18. The molecule has 0 bridgehead atoms. The molecule has 1 aromatic heterocycles. The average Bonchev–Trinajstić information content (AvgIpc) is 2.91. The van der Waals surface area contributed by atoms with Gasteiger partial charge in [0.15, 0.2) is 0 Å². The fraction of sp³-hybridized carbons (Fsp3) is 0.375. The number of hydrogen-bond donors (Lipinski definition) is 1. The molecule has 1 atom stereocenters. The van der Waals surface area contributed by atoms with Crippen LogP contribution < -0.4 is 5.32 Å². The first-order valence-corrected chi connectivity index (χ1v) is 7.16. The van der Waals surface area contributed by atoms with Gasteiger partial charge in [0.05, 0.1) is 12.1 Å². The minimum Gasteiger partial charge on any atom is -0.315 e. The Labute approximate surface area is 118 Å². The van der Waals surface area contributed by atoms with Crippen molar-refractivity contribution in [3.8, 4) is 0 Å². The minimum atomic E-state index is -0.161. The van der Waals surface area contributed by atoms with Gasteiger partial charge in [-0.05, 0) is 25.3 Å². The van der Waals surface area contributed by atoms with Crippen molar-refractivity contribution in [3.05, 3.63) is 47.9 Å². The number of benzene rings is 1. The Balaban J connectivity index is 1.75. The van der Waals surface area contributed by atoms with Crippen molar-refractivity contribution in [1.29, 1.82) is 0 Å². The summed E-state index contributed by atoms with van der Waals surface area (Å²) in [7, 11) is 0. The third-order valence-corrected chi connectivity index (χ3v) is 3.91. The van der Waals surface area contributed by atoms with Crippen molar-refractivity contribution in [3.63, 3.8) is 0 Å². The molecule has 20 heavy (non-hydrogen) atoms. The summed E-state index contributed by atoms with van der Waals surface area (Å²) in [6.07, 6.45) is 5.12. The van der Waals surface area contributed by atoms with Crippen LogP contribution in [0.1, 0.15) is 37.1 Å². The van der Waals surface area contributed by atoms with Crippen molar-refractivity contribution in [1.82, 2.24) is 9.55 Å². The number of imidazole rings is 1. The van der Waals surface area contributed by atoms with E-state index < -0.39 is 0 Å². The Bertz CT molecular complexity index is 603. The third kappa shape index (κ3) is 2.46. The maximum Gasteiger partial charge on any atom is 0.232 e. The highest BCUT2D eigenvalue weighted by molar-refractivity contribution is 5.94. The predicted molar refractivity (Wildman–Crippen MR) is 78.7 cm³/mol. The number of anilines is 1. The van der Waals surface area contributed by atoms with Crippen LogP contribution in [-0.4, -0.2) is 15.5 Å². The Kier molecular flexibility index (Phi) is 3.54. The van der Waals surface area contributed by atoms with E-state index in [9.17, 15) is 4.79 Å². The van der Waals surface area contributed by atoms with Gasteiger partial charge in [-0.1, -0.05) is 30.3 Å². The van der Waals surface area contributed by atoms with E-state index in [1.807, 2.05) is 37.3 Å². The lowest BCUT2D eigenvalue weighted by Crippen LogP contribution is -2.22. The van der Waals surface area contributed by atoms with Gasteiger partial charge < -0.3 is 9.88 Å². The number of amides is 1. The number of carbonyl (C=O) groups is 1. The van der Waals surface area contributed by atoms with E-state index in [0.29, 0.717) is 0 Å². The molecule has 2 aromatic rings. The van der Waals surface area contributed by atoms with Crippen molar-refractivity contribution >= 4 is 11.7 Å².